The molecule has 220 valence electrons. The lowest BCUT2D eigenvalue weighted by atomic mass is 9.84. The van der Waals surface area contributed by atoms with Gasteiger partial charge in [0.1, 0.15) is 18.1 Å². The molecule has 0 radical (unpaired) electrons. The van der Waals surface area contributed by atoms with Crippen LogP contribution in [0.25, 0.3) is 11.0 Å². The first-order chi connectivity index (χ1) is 20.1. The minimum Gasteiger partial charge on any atom is -0.504 e. The lowest BCUT2D eigenvalue weighted by Crippen LogP contribution is -2.50. The second kappa shape index (κ2) is 12.2. The average Bonchev–Trinajstić information content (AvgIpc) is 3.38. The number of benzene rings is 3. The molecule has 1 fully saturated rings. The van der Waals surface area contributed by atoms with Crippen molar-refractivity contribution in [3.8, 4) is 11.5 Å². The third-order valence-corrected chi connectivity index (χ3v) is 7.75. The van der Waals surface area contributed by atoms with Crippen LogP contribution in [0.1, 0.15) is 76.0 Å². The molecule has 1 saturated carbocycles. The predicted octanol–water partition coefficient (Wildman–Crippen LogP) is 5.88. The molecule has 5 rings (SSSR count). The van der Waals surface area contributed by atoms with Crippen molar-refractivity contribution in [1.82, 2.24) is 20.3 Å². The molecule has 2 N–H and O–H groups in total. The van der Waals surface area contributed by atoms with Crippen molar-refractivity contribution in [2.45, 2.75) is 76.9 Å². The Kier molecular flexibility index (Phi) is 8.47. The fourth-order valence-electron chi connectivity index (χ4n) is 5.75. The molecular formula is C33H39N5O4. The van der Waals surface area contributed by atoms with Crippen molar-refractivity contribution < 1.29 is 19.4 Å². The molecule has 0 saturated heterocycles. The molecule has 2 amide bonds. The summed E-state index contributed by atoms with van der Waals surface area (Å²) in [6.07, 6.45) is 6.02. The fraction of sp³-hybridized carbons (Fsp3) is 0.394. The monoisotopic (exact) mass is 569 g/mol. The summed E-state index contributed by atoms with van der Waals surface area (Å²) in [5.41, 5.74) is 3.10. The quantitative estimate of drug-likeness (QED) is 0.274. The zero-order valence-electron chi connectivity index (χ0n) is 24.7. The third kappa shape index (κ3) is 6.40. The number of nitrogens with zero attached hydrogens (tertiary/aromatic N) is 4. The standard InChI is InChI=1S/C33H39N5O4/c1-33(2,3)34-32(41)31(24-16-19-29(42-4)28(39)20-24)38(25-17-14-23(15-18-25)22-10-6-5-7-11-22)30(40)21-37-27-13-9-8-12-26(27)35-36-37/h8-9,12-20,22,31,39H,5-7,10-11,21H2,1-4H3,(H,34,41)/t31-/m1/s1. The molecule has 0 unspecified atom stereocenters. The van der Waals surface area contributed by atoms with E-state index in [-0.39, 0.29) is 29.9 Å². The van der Waals surface area contributed by atoms with Crippen molar-refractivity contribution >= 4 is 28.5 Å². The highest BCUT2D eigenvalue weighted by molar-refractivity contribution is 6.01. The first kappa shape index (κ1) is 29.1. The van der Waals surface area contributed by atoms with Gasteiger partial charge in [0.05, 0.1) is 12.6 Å². The molecule has 1 aromatic heterocycles. The summed E-state index contributed by atoms with van der Waals surface area (Å²) < 4.78 is 6.79. The van der Waals surface area contributed by atoms with E-state index in [9.17, 15) is 14.7 Å². The molecule has 1 aliphatic carbocycles. The Morgan fingerprint density at radius 2 is 1.76 bits per heavy atom. The van der Waals surface area contributed by atoms with E-state index in [4.69, 9.17) is 4.74 Å². The number of phenols is 1. The van der Waals surface area contributed by atoms with Crippen LogP contribution in [-0.4, -0.2) is 44.6 Å². The van der Waals surface area contributed by atoms with Gasteiger partial charge in [0.25, 0.3) is 0 Å². The van der Waals surface area contributed by atoms with E-state index in [2.05, 4.69) is 27.8 Å². The largest absolute Gasteiger partial charge is 0.504 e. The number of carbonyl (C=O) groups is 2. The number of nitrogens with one attached hydrogen (secondary N) is 1. The Balaban J connectivity index is 1.60. The molecule has 9 heteroatoms. The van der Waals surface area contributed by atoms with Crippen LogP contribution in [0.4, 0.5) is 5.69 Å². The number of hydrogen-bond acceptors (Lipinski definition) is 6. The average molecular weight is 570 g/mol. The number of fused-ring (bicyclic) bond motifs is 1. The van der Waals surface area contributed by atoms with Crippen LogP contribution in [0.2, 0.25) is 0 Å². The van der Waals surface area contributed by atoms with Crippen LogP contribution in [0.5, 0.6) is 11.5 Å². The number of methoxy groups -OCH3 is 1. The zero-order chi connectivity index (χ0) is 29.9. The van der Waals surface area contributed by atoms with Gasteiger partial charge in [-0.25, -0.2) is 4.68 Å². The van der Waals surface area contributed by atoms with Crippen molar-refractivity contribution in [3.63, 3.8) is 0 Å². The fourth-order valence-corrected chi connectivity index (χ4v) is 5.75. The van der Waals surface area contributed by atoms with Gasteiger partial charge in [-0.2, -0.15) is 0 Å². The van der Waals surface area contributed by atoms with Crippen LogP contribution in [0.3, 0.4) is 0 Å². The number of phenolic OH excluding ortho intramolecular Hbond substituents is 1. The van der Waals surface area contributed by atoms with Crippen molar-refractivity contribution in [2.24, 2.45) is 0 Å². The van der Waals surface area contributed by atoms with E-state index in [0.29, 0.717) is 22.7 Å². The summed E-state index contributed by atoms with van der Waals surface area (Å²) in [7, 11) is 1.46. The summed E-state index contributed by atoms with van der Waals surface area (Å²) in [4.78, 5) is 29.8. The number of carbonyl (C=O) groups excluding carboxylic acids is 2. The minimum atomic E-state index is -1.08. The lowest BCUT2D eigenvalue weighted by Gasteiger charge is -2.34. The molecular weight excluding hydrogens is 530 g/mol. The molecule has 1 atom stereocenters. The molecule has 9 nitrogen and oxygen atoms in total. The Morgan fingerprint density at radius 1 is 1.05 bits per heavy atom. The van der Waals surface area contributed by atoms with Crippen LogP contribution >= 0.6 is 0 Å². The highest BCUT2D eigenvalue weighted by Crippen LogP contribution is 2.37. The molecule has 0 aliphatic heterocycles. The van der Waals surface area contributed by atoms with Gasteiger partial charge in [-0.1, -0.05) is 54.8 Å². The van der Waals surface area contributed by atoms with E-state index in [1.54, 1.807) is 16.8 Å². The van der Waals surface area contributed by atoms with Crippen LogP contribution in [0.15, 0.2) is 66.7 Å². The van der Waals surface area contributed by atoms with E-state index >= 15 is 0 Å². The normalized spacial score (nSPS) is 14.9. The van der Waals surface area contributed by atoms with E-state index in [1.807, 2.05) is 57.2 Å². The number of para-hydroxylation sites is 1. The molecule has 0 bridgehead atoms. The Bertz CT molecular complexity index is 1550. The molecule has 0 spiro atoms. The number of amides is 2. The van der Waals surface area contributed by atoms with Gasteiger partial charge in [0.15, 0.2) is 11.5 Å². The molecule has 42 heavy (non-hydrogen) atoms. The van der Waals surface area contributed by atoms with Crippen molar-refractivity contribution in [3.05, 3.63) is 77.9 Å². The van der Waals surface area contributed by atoms with Gasteiger partial charge in [0, 0.05) is 11.2 Å². The first-order valence-electron chi connectivity index (χ1n) is 14.5. The van der Waals surface area contributed by atoms with Gasteiger partial charge in [-0.3, -0.25) is 14.5 Å². The van der Waals surface area contributed by atoms with E-state index in [1.165, 1.54) is 42.9 Å². The topological polar surface area (TPSA) is 110 Å². The summed E-state index contributed by atoms with van der Waals surface area (Å²) >= 11 is 0. The Hall–Kier alpha value is -4.40. The summed E-state index contributed by atoms with van der Waals surface area (Å²) in [5.74, 6) is -0.0685. The number of aromatic nitrogens is 3. The smallest absolute Gasteiger partial charge is 0.249 e. The predicted molar refractivity (Wildman–Crippen MR) is 163 cm³/mol. The number of rotatable bonds is 8. The first-order valence-corrected chi connectivity index (χ1v) is 14.5. The SMILES string of the molecule is COc1ccc([C@H](C(=O)NC(C)(C)C)N(C(=O)Cn2nnc3ccccc32)c2ccc(C3CCCCC3)cc2)cc1O. The summed E-state index contributed by atoms with van der Waals surface area (Å²) in [6.45, 7) is 5.53. The van der Waals surface area contributed by atoms with Crippen LogP contribution < -0.4 is 15.0 Å². The Morgan fingerprint density at radius 3 is 2.43 bits per heavy atom. The molecule has 1 heterocycles. The maximum Gasteiger partial charge on any atom is 0.249 e. The van der Waals surface area contributed by atoms with Gasteiger partial charge in [-0.15, -0.1) is 5.10 Å². The Labute approximate surface area is 246 Å². The summed E-state index contributed by atoms with van der Waals surface area (Å²) in [5, 5.41) is 22.1. The minimum absolute atomic E-state index is 0.120. The van der Waals surface area contributed by atoms with Gasteiger partial charge >= 0.3 is 0 Å². The number of aromatic hydroxyl groups is 1. The molecule has 3 aromatic carbocycles. The van der Waals surface area contributed by atoms with E-state index < -0.39 is 11.6 Å². The third-order valence-electron chi connectivity index (χ3n) is 7.75. The van der Waals surface area contributed by atoms with Gasteiger partial charge in [-0.05, 0) is 87.1 Å². The maximum atomic E-state index is 14.3. The second-order valence-corrected chi connectivity index (χ2v) is 12.0. The lowest BCUT2D eigenvalue weighted by molar-refractivity contribution is -0.128. The number of ether oxygens (including phenoxy) is 1. The van der Waals surface area contributed by atoms with Crippen molar-refractivity contribution in [2.75, 3.05) is 12.0 Å². The molecule has 4 aromatic rings. The number of hydrogen-bond donors (Lipinski definition) is 2. The maximum absolute atomic E-state index is 14.3. The zero-order valence-corrected chi connectivity index (χ0v) is 24.7. The van der Waals surface area contributed by atoms with Gasteiger partial charge < -0.3 is 15.2 Å². The molecule has 1 aliphatic rings. The van der Waals surface area contributed by atoms with Crippen molar-refractivity contribution in [1.29, 1.82) is 0 Å². The summed E-state index contributed by atoms with van der Waals surface area (Å²) in [6, 6.07) is 19.1. The highest BCUT2D eigenvalue weighted by Gasteiger charge is 2.35. The van der Waals surface area contributed by atoms with Gasteiger partial charge in [0.2, 0.25) is 11.8 Å². The van der Waals surface area contributed by atoms with Crippen LogP contribution in [0, 0.1) is 0 Å². The van der Waals surface area contributed by atoms with E-state index in [0.717, 1.165) is 18.4 Å². The van der Waals surface area contributed by atoms with Crippen LogP contribution in [-0.2, 0) is 16.1 Å². The second-order valence-electron chi connectivity index (χ2n) is 12.0. The number of anilines is 1. The highest BCUT2D eigenvalue weighted by atomic mass is 16.5.